The summed E-state index contributed by atoms with van der Waals surface area (Å²) in [5.74, 6) is 0. The molecule has 2 rings (SSSR count). The number of piperazine rings is 1. The highest BCUT2D eigenvalue weighted by Gasteiger charge is 2.16. The van der Waals surface area contributed by atoms with E-state index in [1.807, 2.05) is 0 Å². The van der Waals surface area contributed by atoms with Gasteiger partial charge in [-0.3, -0.25) is 0 Å². The van der Waals surface area contributed by atoms with Crippen LogP contribution in [-0.2, 0) is 0 Å². The number of rotatable bonds is 1. The summed E-state index contributed by atoms with van der Waals surface area (Å²) in [6, 6.07) is 7.18. The van der Waals surface area contributed by atoms with Crippen molar-refractivity contribution in [2.45, 2.75) is 19.9 Å². The summed E-state index contributed by atoms with van der Waals surface area (Å²) < 4.78 is 1.17. The summed E-state index contributed by atoms with van der Waals surface area (Å²) in [6.07, 6.45) is 0. The van der Waals surface area contributed by atoms with Crippen LogP contribution in [0.2, 0.25) is 0 Å². The first kappa shape index (κ1) is 11.0. The SMILES string of the molecule is Cc1cc(Br)cc(N2CCNC(C)C2)c1. The average Bonchev–Trinajstić information content (AvgIpc) is 2.16. The monoisotopic (exact) mass is 268 g/mol. The molecule has 15 heavy (non-hydrogen) atoms. The third kappa shape index (κ3) is 2.73. The van der Waals surface area contributed by atoms with Gasteiger partial charge in [-0.25, -0.2) is 0 Å². The molecule has 0 radical (unpaired) electrons. The van der Waals surface area contributed by atoms with Gasteiger partial charge in [0.05, 0.1) is 0 Å². The minimum atomic E-state index is 0.582. The van der Waals surface area contributed by atoms with Crippen molar-refractivity contribution in [3.63, 3.8) is 0 Å². The molecule has 1 fully saturated rings. The van der Waals surface area contributed by atoms with Crippen molar-refractivity contribution in [1.29, 1.82) is 0 Å². The van der Waals surface area contributed by atoms with Gasteiger partial charge in [0.25, 0.3) is 0 Å². The molecule has 1 aliphatic heterocycles. The largest absolute Gasteiger partial charge is 0.369 e. The molecule has 1 aromatic rings. The Morgan fingerprint density at radius 2 is 2.20 bits per heavy atom. The number of anilines is 1. The number of halogens is 1. The van der Waals surface area contributed by atoms with Crippen LogP contribution in [0.3, 0.4) is 0 Å². The van der Waals surface area contributed by atoms with Gasteiger partial charge in [-0.1, -0.05) is 15.9 Å². The molecule has 82 valence electrons. The summed E-state index contributed by atoms with van der Waals surface area (Å²) in [5.41, 5.74) is 2.64. The normalized spacial score (nSPS) is 21.8. The summed E-state index contributed by atoms with van der Waals surface area (Å²) in [4.78, 5) is 2.44. The fourth-order valence-corrected chi connectivity index (χ4v) is 2.66. The quantitative estimate of drug-likeness (QED) is 0.843. The summed E-state index contributed by atoms with van der Waals surface area (Å²) >= 11 is 3.55. The number of nitrogens with one attached hydrogen (secondary N) is 1. The molecule has 1 saturated heterocycles. The van der Waals surface area contributed by atoms with Crippen LogP contribution in [0.5, 0.6) is 0 Å². The highest BCUT2D eigenvalue weighted by Crippen LogP contribution is 2.23. The van der Waals surface area contributed by atoms with Gasteiger partial charge in [-0.05, 0) is 37.6 Å². The van der Waals surface area contributed by atoms with E-state index in [9.17, 15) is 0 Å². The van der Waals surface area contributed by atoms with Gasteiger partial charge in [-0.2, -0.15) is 0 Å². The van der Waals surface area contributed by atoms with E-state index in [1.54, 1.807) is 0 Å². The third-order valence-corrected chi connectivity index (χ3v) is 3.22. The van der Waals surface area contributed by atoms with Crippen LogP contribution >= 0.6 is 15.9 Å². The fraction of sp³-hybridized carbons (Fsp3) is 0.500. The summed E-state index contributed by atoms with van der Waals surface area (Å²) in [5, 5.41) is 3.46. The highest BCUT2D eigenvalue weighted by molar-refractivity contribution is 9.10. The van der Waals surface area contributed by atoms with Gasteiger partial charge < -0.3 is 10.2 Å². The van der Waals surface area contributed by atoms with Crippen LogP contribution in [0.1, 0.15) is 12.5 Å². The van der Waals surface area contributed by atoms with Gasteiger partial charge in [0.2, 0.25) is 0 Å². The maximum absolute atomic E-state index is 3.55. The molecule has 2 nitrogen and oxygen atoms in total. The Hall–Kier alpha value is -0.540. The molecule has 3 heteroatoms. The van der Waals surface area contributed by atoms with Crippen LogP contribution in [0.15, 0.2) is 22.7 Å². The van der Waals surface area contributed by atoms with E-state index in [2.05, 4.69) is 58.2 Å². The Morgan fingerprint density at radius 1 is 1.40 bits per heavy atom. The lowest BCUT2D eigenvalue weighted by Crippen LogP contribution is -2.49. The lowest BCUT2D eigenvalue weighted by molar-refractivity contribution is 0.485. The Bertz CT molecular complexity index is 331. The van der Waals surface area contributed by atoms with Crippen molar-refractivity contribution in [3.05, 3.63) is 28.2 Å². The predicted molar refractivity (Wildman–Crippen MR) is 68.6 cm³/mol. The molecule has 0 aromatic heterocycles. The molecule has 0 saturated carbocycles. The second kappa shape index (κ2) is 4.54. The van der Waals surface area contributed by atoms with Crippen molar-refractivity contribution >= 4 is 21.6 Å². The summed E-state index contributed by atoms with van der Waals surface area (Å²) in [7, 11) is 0. The lowest BCUT2D eigenvalue weighted by atomic mass is 10.1. The van der Waals surface area contributed by atoms with Gasteiger partial charge in [0, 0.05) is 35.8 Å². The number of hydrogen-bond acceptors (Lipinski definition) is 2. The first-order valence-electron chi connectivity index (χ1n) is 5.40. The molecule has 1 atom stereocenters. The first-order valence-corrected chi connectivity index (χ1v) is 6.20. The molecule has 0 aliphatic carbocycles. The number of aryl methyl sites for hydroxylation is 1. The standard InChI is InChI=1S/C12H17BrN2/c1-9-5-11(13)7-12(6-9)15-4-3-14-10(2)8-15/h5-7,10,14H,3-4,8H2,1-2H3. The van der Waals surface area contributed by atoms with Crippen molar-refractivity contribution in [3.8, 4) is 0 Å². The van der Waals surface area contributed by atoms with E-state index >= 15 is 0 Å². The van der Waals surface area contributed by atoms with Crippen molar-refractivity contribution in [2.24, 2.45) is 0 Å². The molecular formula is C12H17BrN2. The van der Waals surface area contributed by atoms with Crippen molar-refractivity contribution in [2.75, 3.05) is 24.5 Å². The lowest BCUT2D eigenvalue weighted by Gasteiger charge is -2.34. The second-order valence-electron chi connectivity index (χ2n) is 4.29. The number of hydrogen-bond donors (Lipinski definition) is 1. The van der Waals surface area contributed by atoms with Crippen molar-refractivity contribution in [1.82, 2.24) is 5.32 Å². The molecule has 1 aromatic carbocycles. The van der Waals surface area contributed by atoms with Crippen LogP contribution in [0.4, 0.5) is 5.69 Å². The maximum Gasteiger partial charge on any atom is 0.0381 e. The zero-order valence-electron chi connectivity index (χ0n) is 9.26. The number of nitrogens with zero attached hydrogens (tertiary/aromatic N) is 1. The van der Waals surface area contributed by atoms with Crippen LogP contribution < -0.4 is 10.2 Å². The number of benzene rings is 1. The van der Waals surface area contributed by atoms with Gasteiger partial charge in [-0.15, -0.1) is 0 Å². The molecule has 0 bridgehead atoms. The van der Waals surface area contributed by atoms with E-state index in [4.69, 9.17) is 0 Å². The van der Waals surface area contributed by atoms with Gasteiger partial charge in [0.1, 0.15) is 0 Å². The maximum atomic E-state index is 3.55. The molecule has 1 unspecified atom stereocenters. The topological polar surface area (TPSA) is 15.3 Å². The highest BCUT2D eigenvalue weighted by atomic mass is 79.9. The van der Waals surface area contributed by atoms with E-state index in [1.165, 1.54) is 15.7 Å². The molecular weight excluding hydrogens is 252 g/mol. The van der Waals surface area contributed by atoms with Crippen molar-refractivity contribution < 1.29 is 0 Å². The fourth-order valence-electron chi connectivity index (χ4n) is 2.07. The smallest absolute Gasteiger partial charge is 0.0381 e. The molecule has 1 aliphatic rings. The molecule has 1 N–H and O–H groups in total. The van der Waals surface area contributed by atoms with Gasteiger partial charge >= 0.3 is 0 Å². The van der Waals surface area contributed by atoms with Crippen LogP contribution in [0, 0.1) is 6.92 Å². The minimum absolute atomic E-state index is 0.582. The second-order valence-corrected chi connectivity index (χ2v) is 5.20. The van der Waals surface area contributed by atoms with E-state index in [0.717, 1.165) is 19.6 Å². The Kier molecular flexibility index (Phi) is 3.32. The summed E-state index contributed by atoms with van der Waals surface area (Å²) in [6.45, 7) is 7.64. The van der Waals surface area contributed by atoms with Crippen LogP contribution in [-0.4, -0.2) is 25.7 Å². The van der Waals surface area contributed by atoms with E-state index < -0.39 is 0 Å². The Morgan fingerprint density at radius 3 is 2.87 bits per heavy atom. The zero-order chi connectivity index (χ0) is 10.8. The van der Waals surface area contributed by atoms with Gasteiger partial charge in [0.15, 0.2) is 0 Å². The Labute approximate surface area is 99.8 Å². The van der Waals surface area contributed by atoms with Crippen LogP contribution in [0.25, 0.3) is 0 Å². The van der Waals surface area contributed by atoms with E-state index in [-0.39, 0.29) is 0 Å². The minimum Gasteiger partial charge on any atom is -0.369 e. The average molecular weight is 269 g/mol. The molecule has 1 heterocycles. The molecule has 0 spiro atoms. The predicted octanol–water partition coefficient (Wildman–Crippen LogP) is 2.56. The first-order chi connectivity index (χ1) is 7.15. The zero-order valence-corrected chi connectivity index (χ0v) is 10.8. The third-order valence-electron chi connectivity index (χ3n) is 2.76. The van der Waals surface area contributed by atoms with E-state index in [0.29, 0.717) is 6.04 Å². The Balaban J connectivity index is 2.20. The molecule has 0 amide bonds.